The molecule has 1 atom stereocenters. The van der Waals surface area contributed by atoms with Gasteiger partial charge in [-0.1, -0.05) is 42.5 Å². The average Bonchev–Trinajstić information content (AvgIpc) is 2.77. The van der Waals surface area contributed by atoms with E-state index in [2.05, 4.69) is 20.9 Å². The summed E-state index contributed by atoms with van der Waals surface area (Å²) >= 11 is 0. The highest BCUT2D eigenvalue weighted by Crippen LogP contribution is 2.14. The standard InChI is InChI=1S/C24H35N5O2/c1-4-25-24(27-14-13-22(30)20-10-6-5-7-11-20)28-18-19-9-8-12-21(17-19)23(31)26-15-16-29(2)3/h5-12,17,22,30H,4,13-16,18H2,1-3H3,(H,26,31)(H2,25,27,28). The van der Waals surface area contributed by atoms with Gasteiger partial charge in [-0.05, 0) is 50.7 Å². The SMILES string of the molecule is CCNC(=NCc1cccc(C(=O)NCCN(C)C)c1)NCCC(O)c1ccccc1. The van der Waals surface area contributed by atoms with E-state index in [1.165, 1.54) is 0 Å². The molecule has 0 aromatic heterocycles. The minimum Gasteiger partial charge on any atom is -0.388 e. The normalized spacial score (nSPS) is 12.5. The van der Waals surface area contributed by atoms with Crippen LogP contribution in [0.5, 0.6) is 0 Å². The zero-order valence-corrected chi connectivity index (χ0v) is 18.8. The Labute approximate surface area is 185 Å². The number of guanidine groups is 1. The number of hydrogen-bond donors (Lipinski definition) is 4. The molecule has 2 aromatic rings. The minimum atomic E-state index is -0.515. The fourth-order valence-electron chi connectivity index (χ4n) is 2.99. The van der Waals surface area contributed by atoms with Crippen molar-refractivity contribution in [1.29, 1.82) is 0 Å². The topological polar surface area (TPSA) is 89.0 Å². The molecule has 4 N–H and O–H groups in total. The first kappa shape index (κ1) is 24.4. The zero-order chi connectivity index (χ0) is 22.5. The van der Waals surface area contributed by atoms with Crippen molar-refractivity contribution < 1.29 is 9.90 Å². The maximum Gasteiger partial charge on any atom is 0.251 e. The molecule has 7 nitrogen and oxygen atoms in total. The Balaban J connectivity index is 1.88. The molecule has 0 aliphatic carbocycles. The number of carbonyl (C=O) groups excluding carboxylic acids is 1. The summed E-state index contributed by atoms with van der Waals surface area (Å²) in [5.41, 5.74) is 2.50. The van der Waals surface area contributed by atoms with Crippen LogP contribution in [0.15, 0.2) is 59.6 Å². The second-order valence-electron chi connectivity index (χ2n) is 7.60. The van der Waals surface area contributed by atoms with Gasteiger partial charge in [-0.3, -0.25) is 4.79 Å². The monoisotopic (exact) mass is 425 g/mol. The molecule has 168 valence electrons. The van der Waals surface area contributed by atoms with Crippen LogP contribution in [0.2, 0.25) is 0 Å². The summed E-state index contributed by atoms with van der Waals surface area (Å²) in [5.74, 6) is 0.608. The summed E-state index contributed by atoms with van der Waals surface area (Å²) in [6.45, 7) is 5.20. The number of amides is 1. The predicted molar refractivity (Wildman–Crippen MR) is 126 cm³/mol. The molecule has 0 fully saturated rings. The van der Waals surface area contributed by atoms with Crippen LogP contribution in [0.25, 0.3) is 0 Å². The van der Waals surface area contributed by atoms with E-state index in [1.54, 1.807) is 0 Å². The van der Waals surface area contributed by atoms with Gasteiger partial charge in [0.2, 0.25) is 0 Å². The summed E-state index contributed by atoms with van der Waals surface area (Å²) in [4.78, 5) is 19.0. The number of hydrogen-bond acceptors (Lipinski definition) is 4. The fraction of sp³-hybridized carbons (Fsp3) is 0.417. The maximum atomic E-state index is 12.3. The van der Waals surface area contributed by atoms with E-state index in [4.69, 9.17) is 0 Å². The zero-order valence-electron chi connectivity index (χ0n) is 18.8. The van der Waals surface area contributed by atoms with Gasteiger partial charge in [-0.25, -0.2) is 4.99 Å². The molecule has 2 aromatic carbocycles. The summed E-state index contributed by atoms with van der Waals surface area (Å²) in [5, 5.41) is 19.7. The van der Waals surface area contributed by atoms with E-state index in [9.17, 15) is 9.90 Å². The van der Waals surface area contributed by atoms with Gasteiger partial charge in [0.25, 0.3) is 5.91 Å². The number of nitrogens with one attached hydrogen (secondary N) is 3. The fourth-order valence-corrected chi connectivity index (χ4v) is 2.99. The van der Waals surface area contributed by atoms with Crippen LogP contribution in [0, 0.1) is 0 Å². The second kappa shape index (κ2) is 13.4. The Morgan fingerprint density at radius 2 is 1.81 bits per heavy atom. The van der Waals surface area contributed by atoms with E-state index in [0.29, 0.717) is 37.6 Å². The van der Waals surface area contributed by atoms with Crippen molar-refractivity contribution in [2.24, 2.45) is 4.99 Å². The highest BCUT2D eigenvalue weighted by Gasteiger charge is 2.08. The Bertz CT molecular complexity index is 824. The summed E-state index contributed by atoms with van der Waals surface area (Å²) in [7, 11) is 3.95. The Morgan fingerprint density at radius 3 is 2.52 bits per heavy atom. The van der Waals surface area contributed by atoms with Crippen LogP contribution in [-0.2, 0) is 6.54 Å². The molecule has 0 radical (unpaired) electrons. The average molecular weight is 426 g/mol. The Morgan fingerprint density at radius 1 is 1.03 bits per heavy atom. The third kappa shape index (κ3) is 9.19. The molecular formula is C24H35N5O2. The Kier molecular flexibility index (Phi) is 10.5. The minimum absolute atomic E-state index is 0.0763. The summed E-state index contributed by atoms with van der Waals surface area (Å²) in [6.07, 6.45) is 0.0658. The lowest BCUT2D eigenvalue weighted by Crippen LogP contribution is -2.38. The first-order chi connectivity index (χ1) is 15.0. The number of aliphatic hydroxyl groups excluding tert-OH is 1. The van der Waals surface area contributed by atoms with Crippen LogP contribution >= 0.6 is 0 Å². The van der Waals surface area contributed by atoms with Crippen LogP contribution in [-0.4, -0.2) is 62.1 Å². The largest absolute Gasteiger partial charge is 0.388 e. The number of benzene rings is 2. The van der Waals surface area contributed by atoms with E-state index in [0.717, 1.165) is 24.2 Å². The molecule has 31 heavy (non-hydrogen) atoms. The molecule has 0 heterocycles. The number of nitrogens with zero attached hydrogens (tertiary/aromatic N) is 2. The molecule has 0 aliphatic heterocycles. The van der Waals surface area contributed by atoms with Crippen molar-refractivity contribution in [2.45, 2.75) is 26.0 Å². The molecule has 0 saturated carbocycles. The third-order valence-electron chi connectivity index (χ3n) is 4.69. The summed E-state index contributed by atoms with van der Waals surface area (Å²) < 4.78 is 0. The first-order valence-electron chi connectivity index (χ1n) is 10.8. The van der Waals surface area contributed by atoms with Gasteiger partial charge in [0, 0.05) is 31.7 Å². The maximum absolute atomic E-state index is 12.3. The second-order valence-corrected chi connectivity index (χ2v) is 7.60. The number of rotatable bonds is 11. The summed E-state index contributed by atoms with van der Waals surface area (Å²) in [6, 6.07) is 17.2. The van der Waals surface area contributed by atoms with Gasteiger partial charge in [0.1, 0.15) is 0 Å². The van der Waals surface area contributed by atoms with Crippen LogP contribution in [0.4, 0.5) is 0 Å². The molecule has 1 unspecified atom stereocenters. The molecule has 2 rings (SSSR count). The highest BCUT2D eigenvalue weighted by atomic mass is 16.3. The highest BCUT2D eigenvalue weighted by molar-refractivity contribution is 5.94. The number of aliphatic hydroxyl groups is 1. The van der Waals surface area contributed by atoms with Gasteiger partial charge in [0.05, 0.1) is 12.6 Å². The predicted octanol–water partition coefficient (Wildman–Crippen LogP) is 2.16. The lowest BCUT2D eigenvalue weighted by Gasteiger charge is -2.14. The van der Waals surface area contributed by atoms with Crippen molar-refractivity contribution >= 4 is 11.9 Å². The third-order valence-corrected chi connectivity index (χ3v) is 4.69. The first-order valence-corrected chi connectivity index (χ1v) is 10.8. The van der Waals surface area contributed by atoms with Crippen LogP contribution in [0.3, 0.4) is 0 Å². The van der Waals surface area contributed by atoms with Gasteiger partial charge >= 0.3 is 0 Å². The van der Waals surface area contributed by atoms with E-state index >= 15 is 0 Å². The van der Waals surface area contributed by atoms with Crippen LogP contribution < -0.4 is 16.0 Å². The van der Waals surface area contributed by atoms with E-state index < -0.39 is 6.10 Å². The van der Waals surface area contributed by atoms with Gasteiger partial charge in [0.15, 0.2) is 5.96 Å². The molecule has 1 amide bonds. The molecule has 0 aliphatic rings. The van der Waals surface area contributed by atoms with Gasteiger partial charge < -0.3 is 26.0 Å². The molecular weight excluding hydrogens is 390 g/mol. The number of carbonyl (C=O) groups is 1. The van der Waals surface area contributed by atoms with Gasteiger partial charge in [-0.15, -0.1) is 0 Å². The lowest BCUT2D eigenvalue weighted by molar-refractivity contribution is 0.0951. The molecule has 7 heteroatoms. The van der Waals surface area contributed by atoms with Gasteiger partial charge in [-0.2, -0.15) is 0 Å². The molecule has 0 bridgehead atoms. The van der Waals surface area contributed by atoms with Crippen molar-refractivity contribution in [3.05, 3.63) is 71.3 Å². The Hall–Kier alpha value is -2.90. The lowest BCUT2D eigenvalue weighted by atomic mass is 10.1. The molecule has 0 saturated heterocycles. The number of likely N-dealkylation sites (N-methyl/N-ethyl adjacent to an activating group) is 1. The molecule has 0 spiro atoms. The van der Waals surface area contributed by atoms with Crippen molar-refractivity contribution in [1.82, 2.24) is 20.9 Å². The van der Waals surface area contributed by atoms with E-state index in [1.807, 2.05) is 80.5 Å². The van der Waals surface area contributed by atoms with Crippen molar-refractivity contribution in [3.63, 3.8) is 0 Å². The number of aliphatic imine (C=N–C) groups is 1. The smallest absolute Gasteiger partial charge is 0.251 e. The quantitative estimate of drug-likeness (QED) is 0.327. The van der Waals surface area contributed by atoms with E-state index in [-0.39, 0.29) is 5.91 Å². The van der Waals surface area contributed by atoms with Crippen molar-refractivity contribution in [3.8, 4) is 0 Å². The van der Waals surface area contributed by atoms with Crippen LogP contribution in [0.1, 0.15) is 40.9 Å². The van der Waals surface area contributed by atoms with Crippen molar-refractivity contribution in [2.75, 3.05) is 40.3 Å².